The second kappa shape index (κ2) is 9.44. The molecule has 0 radical (unpaired) electrons. The zero-order valence-electron chi connectivity index (χ0n) is 18.4. The molecule has 2 aromatic carbocycles. The van der Waals surface area contributed by atoms with Crippen molar-refractivity contribution in [3.8, 4) is 11.1 Å². The fourth-order valence-electron chi connectivity index (χ4n) is 4.98. The van der Waals surface area contributed by atoms with E-state index in [1.54, 1.807) is 0 Å². The van der Waals surface area contributed by atoms with E-state index in [-0.39, 0.29) is 44.9 Å². The zero-order valence-corrected chi connectivity index (χ0v) is 18.4. The third kappa shape index (κ3) is 4.24. The van der Waals surface area contributed by atoms with Gasteiger partial charge >= 0.3 is 12.1 Å². The van der Waals surface area contributed by atoms with Gasteiger partial charge in [-0.05, 0) is 22.3 Å². The summed E-state index contributed by atoms with van der Waals surface area (Å²) in [7, 11) is 0. The van der Waals surface area contributed by atoms with Crippen LogP contribution >= 0.6 is 0 Å². The predicted molar refractivity (Wildman–Crippen MR) is 120 cm³/mol. The number of hydrogen-bond donors (Lipinski definition) is 3. The lowest BCUT2D eigenvalue weighted by molar-refractivity contribution is -0.142. The highest BCUT2D eigenvalue weighted by Gasteiger charge is 2.40. The minimum absolute atomic E-state index is 0.0584. The maximum atomic E-state index is 12.8. The fraction of sp³-hybridized carbons (Fsp3) is 0.400. The Bertz CT molecular complexity index is 1060. The number of fused-ring (bicyclic) bond motifs is 3. The van der Waals surface area contributed by atoms with E-state index >= 15 is 0 Å². The smallest absolute Gasteiger partial charge is 0.407 e. The van der Waals surface area contributed by atoms with Gasteiger partial charge in [0, 0.05) is 5.92 Å². The quantitative estimate of drug-likeness (QED) is 0.593. The molecule has 9 heteroatoms. The summed E-state index contributed by atoms with van der Waals surface area (Å²) in [5.74, 6) is -2.88. The second-order valence-corrected chi connectivity index (χ2v) is 8.82. The molecule has 34 heavy (non-hydrogen) atoms. The number of carbonyl (C=O) groups excluding carboxylic acids is 2. The van der Waals surface area contributed by atoms with E-state index in [1.807, 2.05) is 36.4 Å². The van der Waals surface area contributed by atoms with Crippen molar-refractivity contribution in [1.82, 2.24) is 10.6 Å². The molecule has 178 valence electrons. The summed E-state index contributed by atoms with van der Waals surface area (Å²) < 4.78 is 16.2. The van der Waals surface area contributed by atoms with Crippen molar-refractivity contribution in [1.29, 1.82) is 0 Å². The van der Waals surface area contributed by atoms with Crippen LogP contribution in [0.5, 0.6) is 0 Å². The van der Waals surface area contributed by atoms with Gasteiger partial charge in [-0.1, -0.05) is 48.5 Å². The first-order chi connectivity index (χ1) is 16.5. The van der Waals surface area contributed by atoms with Gasteiger partial charge in [0.05, 0.1) is 44.4 Å². The lowest BCUT2D eigenvalue weighted by atomic mass is 9.98. The molecular weight excluding hydrogens is 440 g/mol. The Balaban J connectivity index is 1.19. The Morgan fingerprint density at radius 2 is 1.38 bits per heavy atom. The van der Waals surface area contributed by atoms with E-state index < -0.39 is 36.0 Å². The summed E-state index contributed by atoms with van der Waals surface area (Å²) in [4.78, 5) is 36.7. The highest BCUT2D eigenvalue weighted by molar-refractivity contribution is 5.82. The Kier molecular flexibility index (Phi) is 6.21. The standard InChI is InChI=1S/C25H26N2O7/c28-23(26-22-13-33-10-20(22)24(29)30)19-9-32-12-21(19)27-25(31)34-11-18-16-7-3-1-5-14(16)15-6-2-4-8-17(15)18/h1-8,18-22H,9-13H2,(H,26,28)(H,27,31)(H,29,30). The van der Waals surface area contributed by atoms with Crippen molar-refractivity contribution in [3.05, 3.63) is 59.7 Å². The Labute approximate surface area is 196 Å². The molecule has 2 aliphatic heterocycles. The Morgan fingerprint density at radius 1 is 0.824 bits per heavy atom. The predicted octanol–water partition coefficient (Wildman–Crippen LogP) is 1.76. The molecule has 2 saturated heterocycles. The minimum Gasteiger partial charge on any atom is -0.481 e. The van der Waals surface area contributed by atoms with E-state index in [2.05, 4.69) is 22.8 Å². The van der Waals surface area contributed by atoms with Crippen LogP contribution < -0.4 is 10.6 Å². The van der Waals surface area contributed by atoms with Crippen LogP contribution in [0.25, 0.3) is 11.1 Å². The van der Waals surface area contributed by atoms with Crippen LogP contribution in [0.3, 0.4) is 0 Å². The van der Waals surface area contributed by atoms with E-state index in [0.717, 1.165) is 22.3 Å². The third-order valence-corrected chi connectivity index (χ3v) is 6.79. The van der Waals surface area contributed by atoms with Gasteiger partial charge in [0.2, 0.25) is 5.91 Å². The summed E-state index contributed by atoms with van der Waals surface area (Å²) in [5, 5.41) is 14.8. The number of alkyl carbamates (subject to hydrolysis) is 1. The monoisotopic (exact) mass is 466 g/mol. The van der Waals surface area contributed by atoms with Gasteiger partial charge in [0.15, 0.2) is 0 Å². The van der Waals surface area contributed by atoms with Gasteiger partial charge in [-0.2, -0.15) is 0 Å². The number of amides is 2. The van der Waals surface area contributed by atoms with Gasteiger partial charge in [0.25, 0.3) is 0 Å². The van der Waals surface area contributed by atoms with E-state index in [1.165, 1.54) is 0 Å². The molecular formula is C25H26N2O7. The summed E-state index contributed by atoms with van der Waals surface area (Å²) in [6.07, 6.45) is -0.622. The number of aliphatic carboxylic acids is 1. The van der Waals surface area contributed by atoms with Gasteiger partial charge in [-0.3, -0.25) is 9.59 Å². The number of benzene rings is 2. The van der Waals surface area contributed by atoms with E-state index in [4.69, 9.17) is 14.2 Å². The van der Waals surface area contributed by atoms with Crippen LogP contribution in [0.1, 0.15) is 17.0 Å². The molecule has 2 heterocycles. The van der Waals surface area contributed by atoms with Crippen molar-refractivity contribution >= 4 is 18.0 Å². The summed E-state index contributed by atoms with van der Waals surface area (Å²) >= 11 is 0. The zero-order chi connectivity index (χ0) is 23.7. The molecule has 2 fully saturated rings. The molecule has 4 atom stereocenters. The molecule has 0 saturated carbocycles. The van der Waals surface area contributed by atoms with Crippen LogP contribution in [-0.4, -0.2) is 68.2 Å². The minimum atomic E-state index is -1.02. The third-order valence-electron chi connectivity index (χ3n) is 6.79. The van der Waals surface area contributed by atoms with Crippen LogP contribution in [0.15, 0.2) is 48.5 Å². The largest absolute Gasteiger partial charge is 0.481 e. The van der Waals surface area contributed by atoms with Crippen molar-refractivity contribution in [2.75, 3.05) is 33.0 Å². The highest BCUT2D eigenvalue weighted by atomic mass is 16.5. The molecule has 2 aromatic rings. The Hall–Kier alpha value is -3.43. The van der Waals surface area contributed by atoms with Crippen molar-refractivity contribution in [2.24, 2.45) is 11.8 Å². The summed E-state index contributed by atoms with van der Waals surface area (Å²) in [6.45, 7) is 0.672. The average molecular weight is 466 g/mol. The number of rotatable bonds is 6. The first-order valence-electron chi connectivity index (χ1n) is 11.3. The number of carboxylic acids is 1. The second-order valence-electron chi connectivity index (χ2n) is 8.82. The normalized spacial score (nSPS) is 25.4. The van der Waals surface area contributed by atoms with Crippen LogP contribution in [0.4, 0.5) is 4.79 Å². The first kappa shape index (κ1) is 22.4. The number of carbonyl (C=O) groups is 3. The summed E-state index contributed by atoms with van der Waals surface area (Å²) in [5.41, 5.74) is 4.52. The van der Waals surface area contributed by atoms with E-state index in [0.29, 0.717) is 0 Å². The van der Waals surface area contributed by atoms with Crippen molar-refractivity contribution in [3.63, 3.8) is 0 Å². The van der Waals surface area contributed by atoms with Crippen LogP contribution in [0, 0.1) is 11.8 Å². The maximum absolute atomic E-state index is 12.8. The molecule has 3 aliphatic rings. The van der Waals surface area contributed by atoms with Crippen molar-refractivity contribution in [2.45, 2.75) is 18.0 Å². The maximum Gasteiger partial charge on any atom is 0.407 e. The lowest BCUT2D eigenvalue weighted by Crippen LogP contribution is -2.50. The topological polar surface area (TPSA) is 123 Å². The van der Waals surface area contributed by atoms with Crippen molar-refractivity contribution < 1.29 is 33.7 Å². The lowest BCUT2D eigenvalue weighted by Gasteiger charge is -2.22. The molecule has 5 rings (SSSR count). The SMILES string of the molecule is O=C(NC1COCC1C(=O)NC1COCC1C(=O)O)OCC1c2ccccc2-c2ccccc21. The molecule has 3 N–H and O–H groups in total. The van der Waals surface area contributed by atoms with Gasteiger partial charge in [-0.15, -0.1) is 0 Å². The average Bonchev–Trinajstić information content (AvgIpc) is 3.55. The molecule has 2 amide bonds. The molecule has 0 aromatic heterocycles. The first-order valence-corrected chi connectivity index (χ1v) is 11.3. The number of carboxylic acid groups (broad SMARTS) is 1. The summed E-state index contributed by atoms with van der Waals surface area (Å²) in [6, 6.07) is 15.0. The van der Waals surface area contributed by atoms with Gasteiger partial charge in [0.1, 0.15) is 12.5 Å². The molecule has 9 nitrogen and oxygen atoms in total. The number of nitrogens with one attached hydrogen (secondary N) is 2. The molecule has 1 aliphatic carbocycles. The van der Waals surface area contributed by atoms with Crippen LogP contribution in [0.2, 0.25) is 0 Å². The highest BCUT2D eigenvalue weighted by Crippen LogP contribution is 2.44. The number of ether oxygens (including phenoxy) is 3. The fourth-order valence-corrected chi connectivity index (χ4v) is 4.98. The van der Waals surface area contributed by atoms with E-state index in [9.17, 15) is 19.5 Å². The molecule has 0 spiro atoms. The Morgan fingerprint density at radius 3 is 2.00 bits per heavy atom. The van der Waals surface area contributed by atoms with Gasteiger partial charge < -0.3 is 30.0 Å². The number of hydrogen-bond acceptors (Lipinski definition) is 6. The molecule has 0 bridgehead atoms. The molecule has 4 unspecified atom stereocenters. The van der Waals surface area contributed by atoms with Crippen LogP contribution in [-0.2, 0) is 23.8 Å². The van der Waals surface area contributed by atoms with Gasteiger partial charge in [-0.25, -0.2) is 4.79 Å².